The zero-order valence-electron chi connectivity index (χ0n) is 17.9. The van der Waals surface area contributed by atoms with Crippen molar-refractivity contribution in [1.29, 1.82) is 0 Å². The van der Waals surface area contributed by atoms with Gasteiger partial charge in [-0.3, -0.25) is 19.2 Å². The summed E-state index contributed by atoms with van der Waals surface area (Å²) < 4.78 is 1.87. The van der Waals surface area contributed by atoms with Crippen molar-refractivity contribution in [3.8, 4) is 0 Å². The number of rotatable bonds is 4. The van der Waals surface area contributed by atoms with E-state index in [1.54, 1.807) is 4.90 Å². The normalized spacial score (nSPS) is 23.4. The van der Waals surface area contributed by atoms with Crippen LogP contribution in [0, 0.1) is 19.3 Å². The second kappa shape index (κ2) is 7.15. The van der Waals surface area contributed by atoms with Crippen LogP contribution in [0.2, 0.25) is 0 Å². The van der Waals surface area contributed by atoms with Gasteiger partial charge in [-0.15, -0.1) is 0 Å². The zero-order chi connectivity index (χ0) is 20.9. The number of piperidine rings is 1. The molecule has 4 heterocycles. The zero-order valence-corrected chi connectivity index (χ0v) is 17.9. The maximum Gasteiger partial charge on any atom is 0.327 e. The van der Waals surface area contributed by atoms with E-state index in [0.29, 0.717) is 32.6 Å². The number of likely N-dealkylation sites (tertiary alicyclic amines) is 1. The Hall–Kier alpha value is -2.38. The second-order valence-corrected chi connectivity index (χ2v) is 8.87. The first-order chi connectivity index (χ1) is 13.8. The number of urea groups is 1. The number of hydrogen-bond donors (Lipinski definition) is 0. The van der Waals surface area contributed by atoms with Crippen LogP contribution in [-0.4, -0.2) is 74.5 Å². The molecule has 1 spiro atoms. The van der Waals surface area contributed by atoms with Gasteiger partial charge in [0.15, 0.2) is 0 Å². The van der Waals surface area contributed by atoms with E-state index in [-0.39, 0.29) is 29.3 Å². The van der Waals surface area contributed by atoms with Crippen molar-refractivity contribution in [2.45, 2.75) is 58.9 Å². The number of carbonyl (C=O) groups is 3. The molecule has 1 atom stereocenters. The smallest absolute Gasteiger partial charge is 0.327 e. The van der Waals surface area contributed by atoms with Gasteiger partial charge in [-0.05, 0) is 57.4 Å². The van der Waals surface area contributed by atoms with Crippen LogP contribution in [0.4, 0.5) is 4.79 Å². The highest BCUT2D eigenvalue weighted by Crippen LogP contribution is 2.46. The van der Waals surface area contributed by atoms with E-state index in [1.165, 1.54) is 10.5 Å². The lowest BCUT2D eigenvalue weighted by atomic mass is 9.76. The lowest BCUT2D eigenvalue weighted by Crippen LogP contribution is -2.45. The second-order valence-electron chi connectivity index (χ2n) is 8.87. The fourth-order valence-electron chi connectivity index (χ4n) is 5.36. The van der Waals surface area contributed by atoms with Gasteiger partial charge in [0.05, 0.1) is 5.69 Å². The van der Waals surface area contributed by atoms with E-state index in [0.717, 1.165) is 37.1 Å². The molecule has 1 aromatic rings. The van der Waals surface area contributed by atoms with E-state index in [9.17, 15) is 14.4 Å². The number of likely N-dealkylation sites (N-methyl/N-ethyl adjacent to an activating group) is 1. The predicted octanol–water partition coefficient (Wildman–Crippen LogP) is 1.63. The van der Waals surface area contributed by atoms with Crippen molar-refractivity contribution in [1.82, 2.24) is 24.5 Å². The SMILES string of the molecule is CCN1C(=O)C2CC3(CCN(C(=O)CCc4c(C)nn(C)c4C)CC3)CN2C1=O. The molecule has 3 aliphatic rings. The number of imide groups is 1. The van der Waals surface area contributed by atoms with E-state index >= 15 is 0 Å². The molecule has 0 radical (unpaired) electrons. The first-order valence-electron chi connectivity index (χ1n) is 10.6. The van der Waals surface area contributed by atoms with E-state index in [4.69, 9.17) is 0 Å². The Morgan fingerprint density at radius 1 is 1.21 bits per heavy atom. The monoisotopic (exact) mass is 401 g/mol. The molecule has 8 nitrogen and oxygen atoms in total. The van der Waals surface area contributed by atoms with Gasteiger partial charge in [-0.1, -0.05) is 0 Å². The third-order valence-corrected chi connectivity index (χ3v) is 7.28. The molecule has 4 amide bonds. The number of nitrogens with zero attached hydrogens (tertiary/aromatic N) is 5. The Morgan fingerprint density at radius 2 is 1.90 bits per heavy atom. The van der Waals surface area contributed by atoms with Gasteiger partial charge < -0.3 is 9.80 Å². The van der Waals surface area contributed by atoms with Crippen LogP contribution in [0.1, 0.15) is 49.6 Å². The first kappa shape index (κ1) is 19.9. The lowest BCUT2D eigenvalue weighted by Gasteiger charge is -2.39. The summed E-state index contributed by atoms with van der Waals surface area (Å²) in [5.74, 6) is 0.139. The van der Waals surface area contributed by atoms with E-state index < -0.39 is 0 Å². The van der Waals surface area contributed by atoms with Crippen molar-refractivity contribution >= 4 is 17.8 Å². The molecule has 3 aliphatic heterocycles. The van der Waals surface area contributed by atoms with E-state index in [2.05, 4.69) is 5.10 Å². The number of carbonyl (C=O) groups excluding carboxylic acids is 3. The number of aryl methyl sites for hydroxylation is 2. The Kier molecular flexibility index (Phi) is 4.91. The number of fused-ring (bicyclic) bond motifs is 1. The van der Waals surface area contributed by atoms with Gasteiger partial charge in [-0.2, -0.15) is 5.10 Å². The molecule has 158 valence electrons. The Labute approximate surface area is 171 Å². The highest BCUT2D eigenvalue weighted by atomic mass is 16.2. The van der Waals surface area contributed by atoms with Crippen molar-refractivity contribution in [2.24, 2.45) is 12.5 Å². The average Bonchev–Trinajstić information content (AvgIpc) is 3.25. The van der Waals surface area contributed by atoms with Crippen LogP contribution >= 0.6 is 0 Å². The summed E-state index contributed by atoms with van der Waals surface area (Å²) in [7, 11) is 1.93. The van der Waals surface area contributed by atoms with Gasteiger partial charge in [0, 0.05) is 45.3 Å². The molecular formula is C21H31N5O3. The third-order valence-electron chi connectivity index (χ3n) is 7.28. The molecule has 8 heteroatoms. The molecule has 0 bridgehead atoms. The Balaban J connectivity index is 1.33. The van der Waals surface area contributed by atoms with Crippen molar-refractivity contribution < 1.29 is 14.4 Å². The molecule has 29 heavy (non-hydrogen) atoms. The molecule has 1 aromatic heterocycles. The third kappa shape index (κ3) is 3.22. The number of amides is 4. The Morgan fingerprint density at radius 3 is 2.45 bits per heavy atom. The molecular weight excluding hydrogens is 370 g/mol. The molecule has 0 aromatic carbocycles. The highest BCUT2D eigenvalue weighted by molar-refractivity contribution is 6.04. The topological polar surface area (TPSA) is 78.8 Å². The van der Waals surface area contributed by atoms with Gasteiger partial charge in [-0.25, -0.2) is 4.79 Å². The molecule has 3 saturated heterocycles. The fourth-order valence-corrected chi connectivity index (χ4v) is 5.36. The standard InChI is InChI=1S/C21H31N5O3/c1-5-25-19(28)17-12-21(13-26(17)20(25)29)8-10-24(11-9-21)18(27)7-6-16-14(2)22-23(4)15(16)3/h17H,5-13H2,1-4H3. The minimum atomic E-state index is -0.291. The van der Waals surface area contributed by atoms with Crippen molar-refractivity contribution in [3.63, 3.8) is 0 Å². The molecule has 0 aliphatic carbocycles. The van der Waals surface area contributed by atoms with Crippen molar-refractivity contribution in [3.05, 3.63) is 17.0 Å². The molecule has 3 fully saturated rings. The van der Waals surface area contributed by atoms with Gasteiger partial charge >= 0.3 is 6.03 Å². The highest BCUT2D eigenvalue weighted by Gasteiger charge is 2.56. The van der Waals surface area contributed by atoms with Crippen LogP contribution in [0.5, 0.6) is 0 Å². The van der Waals surface area contributed by atoms with Gasteiger partial charge in [0.25, 0.3) is 5.91 Å². The summed E-state index contributed by atoms with van der Waals surface area (Å²) in [6.45, 7) is 8.39. The van der Waals surface area contributed by atoms with E-state index in [1.807, 2.05) is 37.4 Å². The maximum absolute atomic E-state index is 12.8. The van der Waals surface area contributed by atoms with Crippen LogP contribution in [0.15, 0.2) is 0 Å². The average molecular weight is 402 g/mol. The van der Waals surface area contributed by atoms with Gasteiger partial charge in [0.1, 0.15) is 6.04 Å². The Bertz CT molecular complexity index is 827. The lowest BCUT2D eigenvalue weighted by molar-refractivity contribution is -0.134. The molecule has 4 rings (SSSR count). The largest absolute Gasteiger partial charge is 0.343 e. The van der Waals surface area contributed by atoms with Crippen molar-refractivity contribution in [2.75, 3.05) is 26.2 Å². The first-order valence-corrected chi connectivity index (χ1v) is 10.6. The van der Waals surface area contributed by atoms with Gasteiger partial charge in [0.2, 0.25) is 5.91 Å². The number of hydrogen-bond acceptors (Lipinski definition) is 4. The minimum Gasteiger partial charge on any atom is -0.343 e. The quantitative estimate of drug-likeness (QED) is 0.719. The maximum atomic E-state index is 12.8. The fraction of sp³-hybridized carbons (Fsp3) is 0.714. The predicted molar refractivity (Wildman–Crippen MR) is 107 cm³/mol. The van der Waals surface area contributed by atoms with Crippen LogP contribution in [0.3, 0.4) is 0 Å². The summed E-state index contributed by atoms with van der Waals surface area (Å²) in [5, 5.41) is 4.43. The van der Waals surface area contributed by atoms with Crippen LogP contribution in [-0.2, 0) is 23.1 Å². The summed E-state index contributed by atoms with van der Waals surface area (Å²) in [4.78, 5) is 42.8. The van der Waals surface area contributed by atoms with Crippen LogP contribution in [0.25, 0.3) is 0 Å². The molecule has 0 saturated carbocycles. The minimum absolute atomic E-state index is 0.0108. The summed E-state index contributed by atoms with van der Waals surface area (Å²) in [6, 6.07) is -0.429. The summed E-state index contributed by atoms with van der Waals surface area (Å²) in [6.07, 6.45) is 3.69. The summed E-state index contributed by atoms with van der Waals surface area (Å²) in [5.41, 5.74) is 3.28. The molecule has 1 unspecified atom stereocenters. The summed E-state index contributed by atoms with van der Waals surface area (Å²) >= 11 is 0. The van der Waals surface area contributed by atoms with Crippen LogP contribution < -0.4 is 0 Å². The number of aromatic nitrogens is 2. The molecule has 0 N–H and O–H groups in total.